The molecule has 0 spiro atoms. The highest BCUT2D eigenvalue weighted by Crippen LogP contribution is 2.34. The fraction of sp³-hybridized carbons (Fsp3) is 0.438. The number of nitrogens with two attached hydrogens (primary N) is 1. The number of hydrogen-bond donors (Lipinski definition) is 1. The fourth-order valence-corrected chi connectivity index (χ4v) is 2.05. The largest absolute Gasteiger partial charge is 0.428 e. The molecule has 0 heterocycles. The molecule has 11 heteroatoms. The molecule has 6 nitrogen and oxygen atoms in total. The zero-order valence-corrected chi connectivity index (χ0v) is 14.0. The topological polar surface area (TPSA) is 91.0 Å². The maximum absolute atomic E-state index is 14.2. The number of nitrogen functional groups attached to an aromatic ring is 1. The van der Waals surface area contributed by atoms with Gasteiger partial charge >= 0.3 is 18.6 Å². The minimum Gasteiger partial charge on any atom is -0.428 e. The summed E-state index contributed by atoms with van der Waals surface area (Å²) >= 11 is 0. The molecule has 0 radical (unpaired) electrons. The SMILES string of the molecule is CCC(C=NC1CC1)C(=O)OC(=O)c1c(N)c(F)c(F)c(OC(F)F)c1F. The van der Waals surface area contributed by atoms with Crippen molar-refractivity contribution in [3.63, 3.8) is 0 Å². The Hall–Kier alpha value is -2.72. The molecule has 1 unspecified atom stereocenters. The smallest absolute Gasteiger partial charge is 0.387 e. The molecule has 1 aliphatic carbocycles. The van der Waals surface area contributed by atoms with Crippen LogP contribution < -0.4 is 10.5 Å². The Morgan fingerprint density at radius 1 is 1.22 bits per heavy atom. The van der Waals surface area contributed by atoms with Crippen LogP contribution in [0.5, 0.6) is 5.75 Å². The first-order valence-electron chi connectivity index (χ1n) is 7.87. The van der Waals surface area contributed by atoms with Crippen LogP contribution in [0.1, 0.15) is 36.5 Å². The van der Waals surface area contributed by atoms with Crippen LogP contribution in [0.4, 0.5) is 27.6 Å². The molecule has 2 N–H and O–H groups in total. The molecule has 0 aromatic heterocycles. The van der Waals surface area contributed by atoms with Crippen molar-refractivity contribution in [2.75, 3.05) is 5.73 Å². The molecule has 1 aromatic rings. The number of carbonyl (C=O) groups is 2. The number of carbonyl (C=O) groups excluding carboxylic acids is 2. The van der Waals surface area contributed by atoms with E-state index in [-0.39, 0.29) is 12.5 Å². The first-order valence-corrected chi connectivity index (χ1v) is 7.87. The van der Waals surface area contributed by atoms with Gasteiger partial charge in [-0.2, -0.15) is 13.2 Å². The van der Waals surface area contributed by atoms with Crippen molar-refractivity contribution in [2.24, 2.45) is 10.9 Å². The van der Waals surface area contributed by atoms with Gasteiger partial charge in [0, 0.05) is 12.3 Å². The van der Waals surface area contributed by atoms with Gasteiger partial charge in [0.2, 0.25) is 11.6 Å². The second-order valence-electron chi connectivity index (χ2n) is 5.69. The second-order valence-corrected chi connectivity index (χ2v) is 5.69. The van der Waals surface area contributed by atoms with Crippen molar-refractivity contribution in [3.05, 3.63) is 23.0 Å². The molecule has 1 saturated carbocycles. The molecule has 1 atom stereocenters. The van der Waals surface area contributed by atoms with E-state index in [4.69, 9.17) is 5.73 Å². The minimum atomic E-state index is -3.70. The first kappa shape index (κ1) is 20.6. The molecule has 1 aromatic carbocycles. The van der Waals surface area contributed by atoms with Crippen LogP contribution in [0.2, 0.25) is 0 Å². The monoisotopic (exact) mass is 394 g/mol. The number of benzene rings is 1. The standard InChI is InChI=1S/C16H15F5N2O4/c1-2-6(5-23-7-3-4-7)14(24)27-15(25)8-9(17)13(26-16(20)21)11(19)10(18)12(8)22/h5-7,16H,2-4,22H2,1H3. The van der Waals surface area contributed by atoms with E-state index in [1.54, 1.807) is 6.92 Å². The number of halogens is 5. The van der Waals surface area contributed by atoms with Gasteiger partial charge in [-0.1, -0.05) is 6.92 Å². The third-order valence-corrected chi connectivity index (χ3v) is 3.69. The second kappa shape index (κ2) is 8.31. The summed E-state index contributed by atoms with van der Waals surface area (Å²) in [6, 6.07) is 0.0934. The molecule has 1 fully saturated rings. The van der Waals surface area contributed by atoms with E-state index in [1.807, 2.05) is 0 Å². The van der Waals surface area contributed by atoms with E-state index in [1.165, 1.54) is 6.21 Å². The number of esters is 2. The van der Waals surface area contributed by atoms with Crippen LogP contribution >= 0.6 is 0 Å². The predicted octanol–water partition coefficient (Wildman–Crippen LogP) is 3.23. The summed E-state index contributed by atoms with van der Waals surface area (Å²) < 4.78 is 74.0. The third-order valence-electron chi connectivity index (χ3n) is 3.69. The van der Waals surface area contributed by atoms with Gasteiger partial charge in [-0.25, -0.2) is 13.6 Å². The summed E-state index contributed by atoms with van der Waals surface area (Å²) in [5.41, 5.74) is 2.37. The maximum atomic E-state index is 14.2. The zero-order chi connectivity index (χ0) is 20.3. The molecule has 1 aliphatic rings. The van der Waals surface area contributed by atoms with E-state index in [0.717, 1.165) is 12.8 Å². The summed E-state index contributed by atoms with van der Waals surface area (Å²) in [4.78, 5) is 28.1. The van der Waals surface area contributed by atoms with Crippen molar-refractivity contribution in [1.29, 1.82) is 0 Å². The Labute approximate surface area is 150 Å². The summed E-state index contributed by atoms with van der Waals surface area (Å²) in [6.07, 6.45) is 3.20. The Morgan fingerprint density at radius 2 is 1.85 bits per heavy atom. The van der Waals surface area contributed by atoms with Crippen LogP contribution in [0.25, 0.3) is 0 Å². The lowest BCUT2D eigenvalue weighted by atomic mass is 10.1. The minimum absolute atomic E-state index is 0.0934. The Bertz CT molecular complexity index is 781. The number of rotatable bonds is 7. The molecule has 148 valence electrons. The van der Waals surface area contributed by atoms with Gasteiger partial charge in [-0.05, 0) is 19.3 Å². The van der Waals surface area contributed by atoms with Gasteiger partial charge in [0.15, 0.2) is 11.6 Å². The number of nitrogens with zero attached hydrogens (tertiary/aromatic N) is 1. The Kier molecular flexibility index (Phi) is 6.34. The van der Waals surface area contributed by atoms with Crippen molar-refractivity contribution in [2.45, 2.75) is 38.8 Å². The summed E-state index contributed by atoms with van der Waals surface area (Å²) in [5.74, 6) is -11.8. The van der Waals surface area contributed by atoms with Gasteiger partial charge in [0.1, 0.15) is 5.56 Å². The van der Waals surface area contributed by atoms with Crippen molar-refractivity contribution in [3.8, 4) is 5.75 Å². The summed E-state index contributed by atoms with van der Waals surface area (Å²) in [5, 5.41) is 0. The van der Waals surface area contributed by atoms with Crippen LogP contribution in [-0.4, -0.2) is 30.8 Å². The predicted molar refractivity (Wildman–Crippen MR) is 83.1 cm³/mol. The van der Waals surface area contributed by atoms with Gasteiger partial charge in [0.05, 0.1) is 11.6 Å². The van der Waals surface area contributed by atoms with Gasteiger partial charge < -0.3 is 15.2 Å². The van der Waals surface area contributed by atoms with Gasteiger partial charge in [0.25, 0.3) is 0 Å². The average molecular weight is 394 g/mol. The first-order chi connectivity index (χ1) is 12.7. The van der Waals surface area contributed by atoms with Gasteiger partial charge in [-0.3, -0.25) is 9.79 Å². The molecule has 0 bridgehead atoms. The number of ether oxygens (including phenoxy) is 2. The molecule has 27 heavy (non-hydrogen) atoms. The summed E-state index contributed by atoms with van der Waals surface area (Å²) in [7, 11) is 0. The highest BCUT2D eigenvalue weighted by molar-refractivity contribution is 6.04. The molecule has 2 rings (SSSR count). The van der Waals surface area contributed by atoms with Crippen molar-refractivity contribution < 1.29 is 41.0 Å². The number of alkyl halides is 2. The van der Waals surface area contributed by atoms with Crippen LogP contribution in [-0.2, 0) is 9.53 Å². The lowest BCUT2D eigenvalue weighted by molar-refractivity contribution is -0.140. The quantitative estimate of drug-likeness (QED) is 0.192. The number of aliphatic imine (C=N–C) groups is 1. The van der Waals surface area contributed by atoms with E-state index in [9.17, 15) is 31.5 Å². The normalized spacial score (nSPS) is 15.2. The molecular weight excluding hydrogens is 379 g/mol. The lowest BCUT2D eigenvalue weighted by Gasteiger charge is -2.14. The molecular formula is C16H15F5N2O4. The average Bonchev–Trinajstić information content (AvgIpc) is 3.41. The van der Waals surface area contributed by atoms with Crippen molar-refractivity contribution >= 4 is 23.8 Å². The number of anilines is 1. The molecule has 0 amide bonds. The van der Waals surface area contributed by atoms with E-state index < -0.39 is 58.9 Å². The van der Waals surface area contributed by atoms with Crippen LogP contribution in [0.3, 0.4) is 0 Å². The fourth-order valence-electron chi connectivity index (χ4n) is 2.05. The number of hydrogen-bond acceptors (Lipinski definition) is 6. The van der Waals surface area contributed by atoms with Crippen LogP contribution in [0.15, 0.2) is 4.99 Å². The van der Waals surface area contributed by atoms with E-state index >= 15 is 0 Å². The Balaban J connectivity index is 2.29. The highest BCUT2D eigenvalue weighted by atomic mass is 19.3. The maximum Gasteiger partial charge on any atom is 0.387 e. The van der Waals surface area contributed by atoms with E-state index in [2.05, 4.69) is 14.5 Å². The Morgan fingerprint density at radius 3 is 2.37 bits per heavy atom. The third kappa shape index (κ3) is 4.72. The van der Waals surface area contributed by atoms with Crippen molar-refractivity contribution in [1.82, 2.24) is 0 Å². The molecule has 0 aliphatic heterocycles. The van der Waals surface area contributed by atoms with Crippen LogP contribution in [0, 0.1) is 23.4 Å². The van der Waals surface area contributed by atoms with E-state index in [0.29, 0.717) is 0 Å². The lowest BCUT2D eigenvalue weighted by Crippen LogP contribution is -2.24. The molecule has 0 saturated heterocycles. The highest BCUT2D eigenvalue weighted by Gasteiger charge is 2.33. The summed E-state index contributed by atoms with van der Waals surface area (Å²) in [6.45, 7) is -2.11. The van der Waals surface area contributed by atoms with Gasteiger partial charge in [-0.15, -0.1) is 0 Å². The zero-order valence-electron chi connectivity index (χ0n) is 14.0.